The normalized spacial score (nSPS) is 24.8. The Balaban J connectivity index is 1.94. The monoisotopic (exact) mass is 290 g/mol. The predicted octanol–water partition coefficient (Wildman–Crippen LogP) is 1.36. The number of carbonyl (C=O) groups is 1. The molecule has 0 amide bonds. The molecule has 6 nitrogen and oxygen atoms in total. The summed E-state index contributed by atoms with van der Waals surface area (Å²) in [6.07, 6.45) is 4.71. The average molecular weight is 290 g/mol. The van der Waals surface area contributed by atoms with Crippen molar-refractivity contribution in [3.8, 4) is 0 Å². The molecule has 1 aromatic heterocycles. The summed E-state index contributed by atoms with van der Waals surface area (Å²) in [4.78, 5) is 24.9. The van der Waals surface area contributed by atoms with Crippen molar-refractivity contribution < 1.29 is 9.90 Å². The third-order valence-electron chi connectivity index (χ3n) is 4.40. The lowest BCUT2D eigenvalue weighted by molar-refractivity contribution is 0.0694. The van der Waals surface area contributed by atoms with Gasteiger partial charge in [-0.1, -0.05) is 0 Å². The van der Waals surface area contributed by atoms with Gasteiger partial charge in [0.25, 0.3) is 0 Å². The minimum Gasteiger partial charge on any atom is -0.478 e. The second-order valence-electron chi connectivity index (χ2n) is 6.22. The van der Waals surface area contributed by atoms with Crippen molar-refractivity contribution in [2.45, 2.75) is 31.2 Å². The zero-order valence-electron chi connectivity index (χ0n) is 12.6. The quantitative estimate of drug-likeness (QED) is 0.906. The van der Waals surface area contributed by atoms with Gasteiger partial charge in [-0.25, -0.2) is 14.8 Å². The summed E-state index contributed by atoms with van der Waals surface area (Å²) >= 11 is 0. The molecule has 21 heavy (non-hydrogen) atoms. The zero-order valence-corrected chi connectivity index (χ0v) is 12.6. The van der Waals surface area contributed by atoms with Gasteiger partial charge >= 0.3 is 5.97 Å². The van der Waals surface area contributed by atoms with Crippen LogP contribution in [0.4, 0.5) is 0 Å². The van der Waals surface area contributed by atoms with Crippen LogP contribution >= 0.6 is 0 Å². The number of carboxylic acids is 1. The molecule has 0 radical (unpaired) electrons. The summed E-state index contributed by atoms with van der Waals surface area (Å²) in [5, 5.41) is 9.28. The molecule has 1 aliphatic carbocycles. The van der Waals surface area contributed by atoms with Crippen LogP contribution in [0.15, 0.2) is 6.20 Å². The molecule has 1 atom stereocenters. The van der Waals surface area contributed by atoms with Crippen LogP contribution < -0.4 is 0 Å². The molecule has 0 bridgehead atoms. The average Bonchev–Trinajstić information content (AvgIpc) is 3.28. The van der Waals surface area contributed by atoms with Crippen LogP contribution in [0, 0.1) is 0 Å². The van der Waals surface area contributed by atoms with E-state index in [4.69, 9.17) is 0 Å². The minimum atomic E-state index is -0.921. The Morgan fingerprint density at radius 1 is 1.33 bits per heavy atom. The highest BCUT2D eigenvalue weighted by Crippen LogP contribution is 2.41. The number of likely N-dealkylation sites (N-methyl/N-ethyl adjacent to an activating group) is 2. The first-order chi connectivity index (χ1) is 10.1. The van der Waals surface area contributed by atoms with E-state index in [0.717, 1.165) is 50.4 Å². The van der Waals surface area contributed by atoms with Gasteiger partial charge in [0, 0.05) is 18.7 Å². The Labute approximate surface area is 124 Å². The molecule has 1 aliphatic heterocycles. The van der Waals surface area contributed by atoms with Gasteiger partial charge in [0.15, 0.2) is 0 Å². The molecule has 2 fully saturated rings. The van der Waals surface area contributed by atoms with Crippen molar-refractivity contribution >= 4 is 5.97 Å². The fourth-order valence-corrected chi connectivity index (χ4v) is 2.95. The molecular weight excluding hydrogens is 268 g/mol. The maximum Gasteiger partial charge on any atom is 0.339 e. The summed E-state index contributed by atoms with van der Waals surface area (Å²) in [7, 11) is 4.20. The third-order valence-corrected chi connectivity index (χ3v) is 4.40. The fraction of sp³-hybridized carbons (Fsp3) is 0.667. The van der Waals surface area contributed by atoms with Crippen LogP contribution in [0.25, 0.3) is 0 Å². The molecule has 1 saturated carbocycles. The van der Waals surface area contributed by atoms with E-state index in [1.54, 1.807) is 0 Å². The van der Waals surface area contributed by atoms with Crippen molar-refractivity contribution in [2.24, 2.45) is 0 Å². The van der Waals surface area contributed by atoms with E-state index in [2.05, 4.69) is 33.9 Å². The van der Waals surface area contributed by atoms with Crippen molar-refractivity contribution in [2.75, 3.05) is 33.7 Å². The first kappa shape index (κ1) is 14.4. The molecule has 1 aromatic rings. The molecule has 2 aliphatic rings. The van der Waals surface area contributed by atoms with Gasteiger partial charge in [-0.15, -0.1) is 0 Å². The third kappa shape index (κ3) is 3.06. The SMILES string of the molecule is CN1CCCN(C)C(c2ncc(C(=O)O)c(C3CC3)n2)C1. The molecule has 0 spiro atoms. The predicted molar refractivity (Wildman–Crippen MR) is 78.5 cm³/mol. The maximum absolute atomic E-state index is 11.3. The van der Waals surface area contributed by atoms with Crippen LogP contribution in [0.1, 0.15) is 53.1 Å². The van der Waals surface area contributed by atoms with Crippen molar-refractivity contribution in [3.05, 3.63) is 23.3 Å². The molecule has 1 N–H and O–H groups in total. The van der Waals surface area contributed by atoms with E-state index < -0.39 is 5.97 Å². The second kappa shape index (κ2) is 5.69. The fourth-order valence-electron chi connectivity index (χ4n) is 2.95. The van der Waals surface area contributed by atoms with Gasteiger partial charge in [-0.3, -0.25) is 4.90 Å². The summed E-state index contributed by atoms with van der Waals surface area (Å²) in [6, 6.07) is 0.137. The number of rotatable bonds is 3. The van der Waals surface area contributed by atoms with Crippen LogP contribution in [-0.4, -0.2) is 64.6 Å². The topological polar surface area (TPSA) is 69.6 Å². The maximum atomic E-state index is 11.3. The van der Waals surface area contributed by atoms with E-state index in [1.807, 2.05) is 0 Å². The van der Waals surface area contributed by atoms with Crippen LogP contribution in [-0.2, 0) is 0 Å². The van der Waals surface area contributed by atoms with Gasteiger partial charge in [-0.05, 0) is 46.4 Å². The van der Waals surface area contributed by atoms with Crippen molar-refractivity contribution in [1.82, 2.24) is 19.8 Å². The lowest BCUT2D eigenvalue weighted by Crippen LogP contribution is -2.32. The molecule has 2 heterocycles. The van der Waals surface area contributed by atoms with Gasteiger partial charge in [0.05, 0.1) is 17.3 Å². The number of aromatic carboxylic acids is 1. The highest BCUT2D eigenvalue weighted by Gasteiger charge is 2.32. The largest absolute Gasteiger partial charge is 0.478 e. The Kier molecular flexibility index (Phi) is 3.91. The zero-order chi connectivity index (χ0) is 15.0. The van der Waals surface area contributed by atoms with Crippen molar-refractivity contribution in [1.29, 1.82) is 0 Å². The lowest BCUT2D eigenvalue weighted by atomic mass is 10.1. The van der Waals surface area contributed by atoms with E-state index in [1.165, 1.54) is 6.20 Å². The minimum absolute atomic E-state index is 0.137. The molecule has 6 heteroatoms. The molecule has 3 rings (SSSR count). The number of aromatic nitrogens is 2. The smallest absolute Gasteiger partial charge is 0.339 e. The first-order valence-electron chi connectivity index (χ1n) is 7.55. The van der Waals surface area contributed by atoms with Gasteiger partial charge < -0.3 is 10.0 Å². The van der Waals surface area contributed by atoms with Crippen LogP contribution in [0.2, 0.25) is 0 Å². The number of hydrogen-bond donors (Lipinski definition) is 1. The number of carboxylic acid groups (broad SMARTS) is 1. The molecule has 0 aromatic carbocycles. The Hall–Kier alpha value is -1.53. The molecule has 1 unspecified atom stereocenters. The van der Waals surface area contributed by atoms with Crippen LogP contribution in [0.3, 0.4) is 0 Å². The molecule has 114 valence electrons. The van der Waals surface area contributed by atoms with E-state index >= 15 is 0 Å². The second-order valence-corrected chi connectivity index (χ2v) is 6.22. The molecule has 1 saturated heterocycles. The highest BCUT2D eigenvalue weighted by atomic mass is 16.4. The highest BCUT2D eigenvalue weighted by molar-refractivity contribution is 5.88. The van der Waals surface area contributed by atoms with E-state index in [0.29, 0.717) is 5.92 Å². The van der Waals surface area contributed by atoms with Gasteiger partial charge in [0.2, 0.25) is 0 Å². The van der Waals surface area contributed by atoms with Crippen molar-refractivity contribution in [3.63, 3.8) is 0 Å². The van der Waals surface area contributed by atoms with E-state index in [9.17, 15) is 9.90 Å². The van der Waals surface area contributed by atoms with Gasteiger partial charge in [0.1, 0.15) is 5.82 Å². The Morgan fingerprint density at radius 2 is 2.10 bits per heavy atom. The van der Waals surface area contributed by atoms with E-state index in [-0.39, 0.29) is 11.6 Å². The Bertz CT molecular complexity index is 544. The van der Waals surface area contributed by atoms with Crippen LogP contribution in [0.5, 0.6) is 0 Å². The summed E-state index contributed by atoms with van der Waals surface area (Å²) < 4.78 is 0. The first-order valence-corrected chi connectivity index (χ1v) is 7.55. The lowest BCUT2D eigenvalue weighted by Gasteiger charge is -2.26. The summed E-state index contributed by atoms with van der Waals surface area (Å²) in [6.45, 7) is 2.97. The number of nitrogens with zero attached hydrogens (tertiary/aromatic N) is 4. The number of hydrogen-bond acceptors (Lipinski definition) is 5. The Morgan fingerprint density at radius 3 is 2.76 bits per heavy atom. The van der Waals surface area contributed by atoms with Gasteiger partial charge in [-0.2, -0.15) is 0 Å². The summed E-state index contributed by atoms with van der Waals surface area (Å²) in [5.74, 6) is 0.152. The standard InChI is InChI=1S/C15H22N4O2/c1-18-6-3-7-19(2)12(9-18)14-16-8-11(15(20)21)13(17-14)10-4-5-10/h8,10,12H,3-7,9H2,1-2H3,(H,20,21). The summed E-state index contributed by atoms with van der Waals surface area (Å²) in [5.41, 5.74) is 0.999. The molecular formula is C15H22N4O2.